The molecule has 0 aliphatic carbocycles. The van der Waals surface area contributed by atoms with E-state index in [1.807, 2.05) is 6.92 Å². The Morgan fingerprint density at radius 1 is 1.26 bits per heavy atom. The Kier molecular flexibility index (Phi) is 4.88. The van der Waals surface area contributed by atoms with E-state index in [1.165, 1.54) is 12.1 Å². The molecule has 1 heterocycles. The number of aryl methyl sites for hydroxylation is 1. The van der Waals surface area contributed by atoms with Crippen molar-refractivity contribution in [3.63, 3.8) is 0 Å². The highest BCUT2D eigenvalue weighted by atomic mass is 19.1. The number of hydrogen-bond donors (Lipinski definition) is 1. The minimum absolute atomic E-state index is 0.182. The molecule has 1 aliphatic heterocycles. The molecule has 1 N–H and O–H groups in total. The van der Waals surface area contributed by atoms with E-state index in [-0.39, 0.29) is 17.7 Å². The van der Waals surface area contributed by atoms with E-state index < -0.39 is 0 Å². The van der Waals surface area contributed by atoms with E-state index in [0.717, 1.165) is 32.6 Å². The number of halogens is 2. The molecule has 2 rings (SSSR count). The first-order valence-electron chi connectivity index (χ1n) is 6.84. The fourth-order valence-corrected chi connectivity index (χ4v) is 2.40. The van der Waals surface area contributed by atoms with E-state index in [9.17, 15) is 8.78 Å². The molecule has 0 spiro atoms. The highest BCUT2D eigenvalue weighted by Crippen LogP contribution is 2.21. The van der Waals surface area contributed by atoms with Gasteiger partial charge in [0.2, 0.25) is 0 Å². The van der Waals surface area contributed by atoms with Crippen LogP contribution in [0.2, 0.25) is 0 Å². The van der Waals surface area contributed by atoms with Gasteiger partial charge in [0.25, 0.3) is 0 Å². The van der Waals surface area contributed by atoms with Crippen molar-refractivity contribution < 1.29 is 13.5 Å². The maximum absolute atomic E-state index is 13.8. The molecule has 1 aromatic carbocycles. The molecule has 0 amide bonds. The van der Waals surface area contributed by atoms with E-state index in [1.54, 1.807) is 6.92 Å². The topological polar surface area (TPSA) is 21.3 Å². The third kappa shape index (κ3) is 3.74. The standard InChI is InChI=1S/C15H21F2NO/c1-10-7-15(17)13(8-14(10)16)11(2)18-9-12-3-5-19-6-4-12/h7-8,11-12,18H,3-6,9H2,1-2H3. The molecular weight excluding hydrogens is 248 g/mol. The van der Waals surface area contributed by atoms with Crippen LogP contribution in [0.4, 0.5) is 8.78 Å². The molecule has 0 bridgehead atoms. The molecule has 1 aromatic rings. The molecular formula is C15H21F2NO. The molecule has 1 saturated heterocycles. The van der Waals surface area contributed by atoms with E-state index >= 15 is 0 Å². The summed E-state index contributed by atoms with van der Waals surface area (Å²) in [6.45, 7) is 5.86. The minimum Gasteiger partial charge on any atom is -0.381 e. The predicted molar refractivity (Wildman–Crippen MR) is 71.1 cm³/mol. The Balaban J connectivity index is 1.95. The van der Waals surface area contributed by atoms with Crippen LogP contribution in [0.3, 0.4) is 0 Å². The van der Waals surface area contributed by atoms with Crippen LogP contribution >= 0.6 is 0 Å². The Bertz CT molecular complexity index is 430. The average molecular weight is 269 g/mol. The number of rotatable bonds is 4. The lowest BCUT2D eigenvalue weighted by atomic mass is 9.99. The van der Waals surface area contributed by atoms with Crippen molar-refractivity contribution in [2.45, 2.75) is 32.7 Å². The molecule has 0 aromatic heterocycles. The summed E-state index contributed by atoms with van der Waals surface area (Å²) in [7, 11) is 0. The minimum atomic E-state index is -0.351. The van der Waals surface area contributed by atoms with Gasteiger partial charge in [-0.3, -0.25) is 0 Å². The van der Waals surface area contributed by atoms with Gasteiger partial charge in [-0.05, 0) is 56.8 Å². The van der Waals surface area contributed by atoms with Crippen molar-refractivity contribution >= 4 is 0 Å². The maximum atomic E-state index is 13.8. The summed E-state index contributed by atoms with van der Waals surface area (Å²) >= 11 is 0. The molecule has 1 aliphatic rings. The summed E-state index contributed by atoms with van der Waals surface area (Å²) < 4.78 is 32.6. The first-order chi connectivity index (χ1) is 9.08. The number of hydrogen-bond acceptors (Lipinski definition) is 2. The average Bonchev–Trinajstić information content (AvgIpc) is 2.41. The lowest BCUT2D eigenvalue weighted by Gasteiger charge is -2.24. The molecule has 0 radical (unpaired) electrons. The highest BCUT2D eigenvalue weighted by molar-refractivity contribution is 5.27. The van der Waals surface area contributed by atoms with Gasteiger partial charge in [-0.25, -0.2) is 8.78 Å². The van der Waals surface area contributed by atoms with Crippen LogP contribution in [0, 0.1) is 24.5 Å². The van der Waals surface area contributed by atoms with Gasteiger partial charge in [-0.2, -0.15) is 0 Å². The second-order valence-electron chi connectivity index (χ2n) is 5.31. The smallest absolute Gasteiger partial charge is 0.128 e. The lowest BCUT2D eigenvalue weighted by Crippen LogP contribution is -2.30. The fourth-order valence-electron chi connectivity index (χ4n) is 2.40. The van der Waals surface area contributed by atoms with E-state index in [4.69, 9.17) is 4.74 Å². The van der Waals surface area contributed by atoms with E-state index in [2.05, 4.69) is 5.32 Å². The fraction of sp³-hybridized carbons (Fsp3) is 0.600. The Morgan fingerprint density at radius 2 is 1.95 bits per heavy atom. The van der Waals surface area contributed by atoms with Crippen LogP contribution in [0.5, 0.6) is 0 Å². The van der Waals surface area contributed by atoms with Gasteiger partial charge in [0, 0.05) is 24.8 Å². The van der Waals surface area contributed by atoms with Gasteiger partial charge in [0.1, 0.15) is 11.6 Å². The molecule has 1 atom stereocenters. The molecule has 106 valence electrons. The normalized spacial score (nSPS) is 18.5. The molecule has 2 nitrogen and oxygen atoms in total. The predicted octanol–water partition coefficient (Wildman–Crippen LogP) is 3.35. The third-order valence-corrected chi connectivity index (χ3v) is 3.80. The zero-order chi connectivity index (χ0) is 13.8. The van der Waals surface area contributed by atoms with Crippen molar-refractivity contribution in [3.8, 4) is 0 Å². The van der Waals surface area contributed by atoms with Crippen LogP contribution in [0.15, 0.2) is 12.1 Å². The zero-order valence-corrected chi connectivity index (χ0v) is 11.5. The first kappa shape index (κ1) is 14.4. The SMILES string of the molecule is Cc1cc(F)c(C(C)NCC2CCOCC2)cc1F. The number of nitrogens with one attached hydrogen (secondary N) is 1. The summed E-state index contributed by atoms with van der Waals surface area (Å²) in [6.07, 6.45) is 2.06. The number of ether oxygens (including phenoxy) is 1. The molecule has 4 heteroatoms. The van der Waals surface area contributed by atoms with Crippen molar-refractivity contribution in [2.75, 3.05) is 19.8 Å². The maximum Gasteiger partial charge on any atom is 0.128 e. The summed E-state index contributed by atoms with van der Waals surface area (Å²) in [5.74, 6) is -0.128. The zero-order valence-electron chi connectivity index (χ0n) is 11.5. The summed E-state index contributed by atoms with van der Waals surface area (Å²) in [5.41, 5.74) is 0.744. The van der Waals surface area contributed by atoms with Crippen LogP contribution in [-0.4, -0.2) is 19.8 Å². The Labute approximate surface area is 113 Å². The second kappa shape index (κ2) is 6.44. The van der Waals surface area contributed by atoms with Crippen molar-refractivity contribution in [1.82, 2.24) is 5.32 Å². The van der Waals surface area contributed by atoms with Crippen LogP contribution in [0.1, 0.15) is 36.9 Å². The molecule has 1 unspecified atom stereocenters. The van der Waals surface area contributed by atoms with Crippen molar-refractivity contribution in [3.05, 3.63) is 34.9 Å². The van der Waals surface area contributed by atoms with Crippen molar-refractivity contribution in [1.29, 1.82) is 0 Å². The molecule has 19 heavy (non-hydrogen) atoms. The largest absolute Gasteiger partial charge is 0.381 e. The van der Waals surface area contributed by atoms with Crippen LogP contribution in [-0.2, 0) is 4.74 Å². The summed E-state index contributed by atoms with van der Waals surface area (Å²) in [4.78, 5) is 0. The summed E-state index contributed by atoms with van der Waals surface area (Å²) in [5, 5.41) is 3.29. The van der Waals surface area contributed by atoms with Gasteiger partial charge in [0.05, 0.1) is 0 Å². The Morgan fingerprint density at radius 3 is 2.63 bits per heavy atom. The van der Waals surface area contributed by atoms with Gasteiger partial charge < -0.3 is 10.1 Å². The van der Waals surface area contributed by atoms with Gasteiger partial charge in [0.15, 0.2) is 0 Å². The monoisotopic (exact) mass is 269 g/mol. The van der Waals surface area contributed by atoms with Crippen LogP contribution < -0.4 is 5.32 Å². The molecule has 0 saturated carbocycles. The lowest BCUT2D eigenvalue weighted by molar-refractivity contribution is 0.0656. The quantitative estimate of drug-likeness (QED) is 0.905. The number of benzene rings is 1. The second-order valence-corrected chi connectivity index (χ2v) is 5.31. The summed E-state index contributed by atoms with van der Waals surface area (Å²) in [6, 6.07) is 2.38. The van der Waals surface area contributed by atoms with Crippen LogP contribution in [0.25, 0.3) is 0 Å². The third-order valence-electron chi connectivity index (χ3n) is 3.80. The Hall–Kier alpha value is -1.00. The van der Waals surface area contributed by atoms with Crippen molar-refractivity contribution in [2.24, 2.45) is 5.92 Å². The van der Waals surface area contributed by atoms with Gasteiger partial charge >= 0.3 is 0 Å². The van der Waals surface area contributed by atoms with Gasteiger partial charge in [-0.1, -0.05) is 0 Å². The highest BCUT2D eigenvalue weighted by Gasteiger charge is 2.17. The first-order valence-corrected chi connectivity index (χ1v) is 6.84. The van der Waals surface area contributed by atoms with E-state index in [0.29, 0.717) is 17.0 Å². The molecule has 1 fully saturated rings. The van der Waals surface area contributed by atoms with Gasteiger partial charge in [-0.15, -0.1) is 0 Å².